The summed E-state index contributed by atoms with van der Waals surface area (Å²) in [5.41, 5.74) is 1.06. The Morgan fingerprint density at radius 2 is 1.85 bits per heavy atom. The number of piperidine rings is 1. The number of thiazole rings is 1. The van der Waals surface area contributed by atoms with Crippen LogP contribution in [-0.4, -0.2) is 88.2 Å². The maximum Gasteiger partial charge on any atom is 0.271 e. The van der Waals surface area contributed by atoms with Gasteiger partial charge in [-0.2, -0.15) is 0 Å². The van der Waals surface area contributed by atoms with Crippen molar-refractivity contribution < 1.29 is 24.3 Å². The van der Waals surface area contributed by atoms with E-state index in [1.54, 1.807) is 5.38 Å². The Bertz CT molecular complexity index is 1270. The molecule has 1 aromatic heterocycles. The molecule has 2 aromatic rings. The third-order valence-electron chi connectivity index (χ3n) is 9.05. The zero-order valence-corrected chi connectivity index (χ0v) is 29.1. The number of aliphatic hydroxyl groups excluding tert-OH is 1. The summed E-state index contributed by atoms with van der Waals surface area (Å²) in [4.78, 5) is 60.6. The van der Waals surface area contributed by atoms with Crippen LogP contribution in [0, 0.1) is 11.8 Å². The van der Waals surface area contributed by atoms with E-state index in [-0.39, 0.29) is 47.8 Å². The molecule has 11 heteroatoms. The lowest BCUT2D eigenvalue weighted by molar-refractivity contribution is -0.142. The molecule has 10 nitrogen and oxygen atoms in total. The normalized spacial score (nSPS) is 18.7. The number of amides is 3. The number of carbonyl (C=O) groups is 4. The molecule has 1 saturated heterocycles. The van der Waals surface area contributed by atoms with Gasteiger partial charge in [0.1, 0.15) is 29.1 Å². The third kappa shape index (κ3) is 10.2. The number of hydrogen-bond donors (Lipinski definition) is 3. The van der Waals surface area contributed by atoms with Crippen LogP contribution in [0.1, 0.15) is 100 Å². The Morgan fingerprint density at radius 3 is 2.46 bits per heavy atom. The first-order valence-corrected chi connectivity index (χ1v) is 17.6. The standard InChI is InChI=1S/C35H53N5O5S/c1-7-17-40(35(45)31(24(5)8-2)38-33(44)28-16-12-13-18-39(28)6)29(23(3)4)20-30(42)34-37-27(22-46-34)32(43)36-26(21-41)19-25-14-10-9-11-15-25/h9-11,14-15,21-24,26,28-31,42H,7-8,12-13,16-20H2,1-6H3,(H,36,43)(H,38,44)/t24?,26-,28+,29+,30+,31-/m0/s1. The number of aromatic nitrogens is 1. The lowest BCUT2D eigenvalue weighted by Crippen LogP contribution is -2.58. The monoisotopic (exact) mass is 655 g/mol. The number of nitrogens with zero attached hydrogens (tertiary/aromatic N) is 3. The molecule has 1 aliphatic rings. The second-order valence-corrected chi connectivity index (χ2v) is 13.8. The summed E-state index contributed by atoms with van der Waals surface area (Å²) in [6.07, 6.45) is 4.58. The van der Waals surface area contributed by atoms with Crippen molar-refractivity contribution >= 4 is 35.3 Å². The number of likely N-dealkylation sites (N-methyl/N-ethyl adjacent to an activating group) is 1. The molecule has 1 aromatic carbocycles. The first-order chi connectivity index (χ1) is 22.0. The van der Waals surface area contributed by atoms with E-state index in [1.165, 1.54) is 11.3 Å². The van der Waals surface area contributed by atoms with Gasteiger partial charge in [-0.3, -0.25) is 19.3 Å². The predicted octanol–water partition coefficient (Wildman–Crippen LogP) is 4.39. The van der Waals surface area contributed by atoms with E-state index in [4.69, 9.17) is 0 Å². The summed E-state index contributed by atoms with van der Waals surface area (Å²) in [5.74, 6) is -0.780. The van der Waals surface area contributed by atoms with Gasteiger partial charge < -0.3 is 25.4 Å². The third-order valence-corrected chi connectivity index (χ3v) is 10.00. The minimum atomic E-state index is -1.01. The van der Waals surface area contributed by atoms with Crippen molar-refractivity contribution in [1.82, 2.24) is 25.4 Å². The van der Waals surface area contributed by atoms with Crippen LogP contribution in [0.4, 0.5) is 0 Å². The van der Waals surface area contributed by atoms with E-state index in [0.717, 1.165) is 44.2 Å². The molecule has 254 valence electrons. The molecule has 2 heterocycles. The molecule has 3 rings (SSSR count). The minimum absolute atomic E-state index is 0.0111. The summed E-state index contributed by atoms with van der Waals surface area (Å²) >= 11 is 1.18. The van der Waals surface area contributed by atoms with Crippen LogP contribution in [0.15, 0.2) is 35.7 Å². The fraction of sp³-hybridized carbons (Fsp3) is 0.629. The lowest BCUT2D eigenvalue weighted by atomic mass is 9.92. The lowest BCUT2D eigenvalue weighted by Gasteiger charge is -2.39. The smallest absolute Gasteiger partial charge is 0.271 e. The number of rotatable bonds is 17. The van der Waals surface area contributed by atoms with Crippen molar-refractivity contribution in [3.05, 3.63) is 52.0 Å². The summed E-state index contributed by atoms with van der Waals surface area (Å²) in [5, 5.41) is 19.1. The van der Waals surface area contributed by atoms with Crippen LogP contribution in [0.5, 0.6) is 0 Å². The highest BCUT2D eigenvalue weighted by molar-refractivity contribution is 7.09. The van der Waals surface area contributed by atoms with Gasteiger partial charge in [-0.25, -0.2) is 4.98 Å². The van der Waals surface area contributed by atoms with E-state index in [0.29, 0.717) is 24.3 Å². The van der Waals surface area contributed by atoms with Gasteiger partial charge >= 0.3 is 0 Å². The summed E-state index contributed by atoms with van der Waals surface area (Å²) < 4.78 is 0. The van der Waals surface area contributed by atoms with Crippen LogP contribution in [0.25, 0.3) is 0 Å². The molecule has 6 atom stereocenters. The highest BCUT2D eigenvalue weighted by atomic mass is 32.1. The van der Waals surface area contributed by atoms with Crippen LogP contribution < -0.4 is 10.6 Å². The highest BCUT2D eigenvalue weighted by Gasteiger charge is 2.37. The Balaban J connectivity index is 1.74. The van der Waals surface area contributed by atoms with Gasteiger partial charge in [0.05, 0.1) is 12.1 Å². The quantitative estimate of drug-likeness (QED) is 0.216. The number of aliphatic hydroxyl groups is 1. The molecule has 0 spiro atoms. The average Bonchev–Trinajstić information content (AvgIpc) is 3.55. The van der Waals surface area contributed by atoms with Crippen molar-refractivity contribution in [3.8, 4) is 0 Å². The van der Waals surface area contributed by atoms with Crippen molar-refractivity contribution in [2.24, 2.45) is 11.8 Å². The molecule has 46 heavy (non-hydrogen) atoms. The van der Waals surface area contributed by atoms with Gasteiger partial charge in [-0.05, 0) is 56.7 Å². The first kappa shape index (κ1) is 37.3. The van der Waals surface area contributed by atoms with Crippen LogP contribution >= 0.6 is 11.3 Å². The molecule has 3 N–H and O–H groups in total. The van der Waals surface area contributed by atoms with Crippen LogP contribution in [0.3, 0.4) is 0 Å². The van der Waals surface area contributed by atoms with Crippen molar-refractivity contribution in [2.45, 2.75) is 110 Å². The maximum atomic E-state index is 14.3. The topological polar surface area (TPSA) is 132 Å². The number of benzene rings is 1. The molecular weight excluding hydrogens is 602 g/mol. The van der Waals surface area contributed by atoms with E-state index in [1.807, 2.05) is 76.9 Å². The number of aldehydes is 1. The van der Waals surface area contributed by atoms with Gasteiger partial charge in [0.15, 0.2) is 0 Å². The molecule has 1 unspecified atom stereocenters. The Morgan fingerprint density at radius 1 is 1.13 bits per heavy atom. The zero-order valence-electron chi connectivity index (χ0n) is 28.3. The summed E-state index contributed by atoms with van der Waals surface area (Å²) in [6, 6.07) is 7.49. The van der Waals surface area contributed by atoms with Crippen LogP contribution in [0.2, 0.25) is 0 Å². The van der Waals surface area contributed by atoms with Gasteiger partial charge in [0.2, 0.25) is 11.8 Å². The molecule has 0 bridgehead atoms. The molecule has 0 radical (unpaired) electrons. The predicted molar refractivity (Wildman–Crippen MR) is 181 cm³/mol. The zero-order chi connectivity index (χ0) is 33.8. The Hall–Kier alpha value is -3.15. The fourth-order valence-electron chi connectivity index (χ4n) is 6.08. The second kappa shape index (κ2) is 18.3. The molecular formula is C35H53N5O5S. The second-order valence-electron chi connectivity index (χ2n) is 12.9. The summed E-state index contributed by atoms with van der Waals surface area (Å²) in [7, 11) is 1.96. The maximum absolute atomic E-state index is 14.3. The Labute approximate surface area is 278 Å². The van der Waals surface area contributed by atoms with Gasteiger partial charge in [-0.15, -0.1) is 11.3 Å². The highest BCUT2D eigenvalue weighted by Crippen LogP contribution is 2.29. The Kier molecular flexibility index (Phi) is 14.8. The fourth-order valence-corrected chi connectivity index (χ4v) is 6.87. The molecule has 3 amide bonds. The van der Waals surface area contributed by atoms with Crippen molar-refractivity contribution in [2.75, 3.05) is 20.1 Å². The minimum Gasteiger partial charge on any atom is -0.386 e. The molecule has 0 aliphatic carbocycles. The van der Waals surface area contributed by atoms with Gasteiger partial charge in [0.25, 0.3) is 5.91 Å². The number of nitrogens with one attached hydrogen (secondary N) is 2. The molecule has 1 aliphatic heterocycles. The first-order valence-electron chi connectivity index (χ1n) is 16.7. The molecule has 1 fully saturated rings. The van der Waals surface area contributed by atoms with E-state index < -0.39 is 24.1 Å². The van der Waals surface area contributed by atoms with Gasteiger partial charge in [0, 0.05) is 24.4 Å². The number of carbonyl (C=O) groups excluding carboxylic acids is 4. The van der Waals surface area contributed by atoms with Crippen molar-refractivity contribution in [1.29, 1.82) is 0 Å². The van der Waals surface area contributed by atoms with E-state index >= 15 is 0 Å². The van der Waals surface area contributed by atoms with Gasteiger partial charge in [-0.1, -0.05) is 77.8 Å². The summed E-state index contributed by atoms with van der Waals surface area (Å²) in [6.45, 7) is 11.4. The van der Waals surface area contributed by atoms with Crippen LogP contribution in [-0.2, 0) is 20.8 Å². The molecule has 0 saturated carbocycles. The largest absolute Gasteiger partial charge is 0.386 e. The van der Waals surface area contributed by atoms with E-state index in [9.17, 15) is 24.3 Å². The SMILES string of the molecule is CCCN(C(=O)[C@@H](NC(=O)[C@H]1CCCCN1C)C(C)CC)[C@H](C[C@@H](O)c1nc(C(=O)N[C@H](C=O)Cc2ccccc2)cs1)C(C)C. The van der Waals surface area contributed by atoms with E-state index in [2.05, 4.69) is 20.5 Å². The van der Waals surface area contributed by atoms with Crippen molar-refractivity contribution in [3.63, 3.8) is 0 Å². The number of likely N-dealkylation sites (tertiary alicyclic amines) is 1. The average molecular weight is 656 g/mol. The number of hydrogen-bond acceptors (Lipinski definition) is 8.